The van der Waals surface area contributed by atoms with Gasteiger partial charge in [-0.15, -0.1) is 0 Å². The van der Waals surface area contributed by atoms with Gasteiger partial charge >= 0.3 is 0 Å². The molecule has 0 bridgehead atoms. The zero-order valence-electron chi connectivity index (χ0n) is 33.0. The molecule has 0 aliphatic carbocycles. The van der Waals surface area contributed by atoms with Crippen molar-refractivity contribution in [1.29, 1.82) is 0 Å². The van der Waals surface area contributed by atoms with Crippen LogP contribution in [0.5, 0.6) is 0 Å². The Hall–Kier alpha value is -6.96. The van der Waals surface area contributed by atoms with E-state index in [4.69, 9.17) is 0 Å². The minimum absolute atomic E-state index is 0.0940. The van der Waals surface area contributed by atoms with Gasteiger partial charge in [0.2, 0.25) is 0 Å². The van der Waals surface area contributed by atoms with Crippen LogP contribution in [0.25, 0.3) is 66.4 Å². The molecule has 0 spiro atoms. The van der Waals surface area contributed by atoms with Crippen LogP contribution in [0.1, 0.15) is 5.48 Å². The van der Waals surface area contributed by atoms with Crippen molar-refractivity contribution in [3.05, 3.63) is 224 Å². The fraction of sp³-hybridized carbons (Fsp3) is 0. The molecule has 0 radical (unpaired) electrons. The molecule has 1 heteroatoms. The molecule has 0 aliphatic heterocycles. The molecule has 0 unspecified atom stereocenters. The third-order valence-electron chi connectivity index (χ3n) is 9.73. The van der Waals surface area contributed by atoms with Crippen LogP contribution in [0.15, 0.2) is 224 Å². The van der Waals surface area contributed by atoms with E-state index in [0.717, 1.165) is 66.7 Å². The van der Waals surface area contributed by atoms with Crippen LogP contribution < -0.4 is 4.90 Å². The average Bonchev–Trinajstić information content (AvgIpc) is 3.28. The summed E-state index contributed by atoms with van der Waals surface area (Å²) in [4.78, 5) is 1.86. The lowest BCUT2D eigenvalue weighted by Crippen LogP contribution is -2.10. The van der Waals surface area contributed by atoms with Crippen LogP contribution in [0.2, 0.25) is 0 Å². The van der Waals surface area contributed by atoms with Gasteiger partial charge in [-0.2, -0.15) is 0 Å². The van der Waals surface area contributed by atoms with Crippen LogP contribution in [0.3, 0.4) is 0 Å². The van der Waals surface area contributed by atoms with Crippen LogP contribution in [-0.4, -0.2) is 0 Å². The predicted molar refractivity (Wildman–Crippen MR) is 226 cm³/mol. The van der Waals surface area contributed by atoms with E-state index in [-0.39, 0.29) is 35.4 Å². The molecule has 0 amide bonds. The van der Waals surface area contributed by atoms with Crippen LogP contribution >= 0.6 is 0 Å². The summed E-state index contributed by atoms with van der Waals surface area (Å²) in [7, 11) is 0. The second kappa shape index (κ2) is 14.3. The molecule has 53 heavy (non-hydrogen) atoms. The number of rotatable bonds is 8. The molecule has 0 atom stereocenters. The fourth-order valence-corrected chi connectivity index (χ4v) is 6.93. The summed E-state index contributed by atoms with van der Waals surface area (Å²) in [6, 6.07) is 66.9. The third kappa shape index (κ3) is 6.77. The second-order valence-corrected chi connectivity index (χ2v) is 13.1. The highest BCUT2D eigenvalue weighted by atomic mass is 15.1. The van der Waals surface area contributed by atoms with Crippen LogP contribution in [0, 0.1) is 0 Å². The zero-order valence-corrected chi connectivity index (χ0v) is 29.0. The van der Waals surface area contributed by atoms with Gasteiger partial charge in [0.1, 0.15) is 0 Å². The van der Waals surface area contributed by atoms with E-state index in [0.29, 0.717) is 5.56 Å². The molecule has 0 aliphatic rings. The Morgan fingerprint density at radius 2 is 0.679 bits per heavy atom. The maximum Gasteiger partial charge on any atom is 0.0645 e. The minimum atomic E-state index is -0.117. The number of anilines is 3. The summed E-state index contributed by atoms with van der Waals surface area (Å²) in [5, 5.41) is 2.29. The number of hydrogen-bond acceptors (Lipinski definition) is 1. The van der Waals surface area contributed by atoms with E-state index < -0.39 is 0 Å². The Balaban J connectivity index is 1.16. The molecule has 0 fully saturated rings. The lowest BCUT2D eigenvalue weighted by atomic mass is 9.98. The first-order chi connectivity index (χ1) is 27.9. The maximum atomic E-state index is 9.49. The van der Waals surface area contributed by atoms with Gasteiger partial charge in [0, 0.05) is 17.1 Å². The van der Waals surface area contributed by atoms with Crippen molar-refractivity contribution < 1.29 is 5.48 Å². The van der Waals surface area contributed by atoms with E-state index in [1.165, 1.54) is 0 Å². The molecule has 0 N–H and O–H groups in total. The lowest BCUT2D eigenvalue weighted by molar-refractivity contribution is 1.28. The van der Waals surface area contributed by atoms with E-state index in [1.54, 1.807) is 0 Å². The van der Waals surface area contributed by atoms with Crippen LogP contribution in [-0.2, 0) is 0 Å². The Morgan fingerprint density at radius 3 is 1.34 bits per heavy atom. The number of benzene rings is 9. The highest BCUT2D eigenvalue weighted by molar-refractivity contribution is 5.89. The number of nitrogens with zero attached hydrogens (tertiary/aromatic N) is 1. The summed E-state index contributed by atoms with van der Waals surface area (Å²) in [5.41, 5.74) is 11.0. The first-order valence-electron chi connectivity index (χ1n) is 19.8. The normalized spacial score (nSPS) is 12.1. The predicted octanol–water partition coefficient (Wildman–Crippen LogP) is 14.6. The average molecular weight is 680 g/mol. The molecule has 0 saturated heterocycles. The van der Waals surface area contributed by atoms with Crippen LogP contribution in [0.4, 0.5) is 17.1 Å². The summed E-state index contributed by atoms with van der Waals surface area (Å²) in [6.45, 7) is 0. The smallest absolute Gasteiger partial charge is 0.0645 e. The topological polar surface area (TPSA) is 3.24 Å². The van der Waals surface area contributed by atoms with E-state index in [2.05, 4.69) is 91.0 Å². The minimum Gasteiger partial charge on any atom is -0.310 e. The Bertz CT molecular complexity index is 2840. The second-order valence-electron chi connectivity index (χ2n) is 13.1. The third-order valence-corrected chi connectivity index (χ3v) is 9.73. The van der Waals surface area contributed by atoms with Gasteiger partial charge < -0.3 is 4.90 Å². The van der Waals surface area contributed by atoms with Crippen molar-refractivity contribution in [2.75, 3.05) is 4.90 Å². The summed E-state index contributed by atoms with van der Waals surface area (Å²) >= 11 is 0. The van der Waals surface area contributed by atoms with Crippen molar-refractivity contribution >= 4 is 27.8 Å². The van der Waals surface area contributed by atoms with Crippen molar-refractivity contribution in [3.63, 3.8) is 0 Å². The molecule has 9 rings (SSSR count). The molecule has 250 valence electrons. The van der Waals surface area contributed by atoms with Gasteiger partial charge in [-0.1, -0.05) is 176 Å². The zero-order chi connectivity index (χ0) is 38.9. The SMILES string of the molecule is [2H]c1c([2H])c(N(c2ccc(-c3cccc(-c4ccccc4)c3)cc2)c2cccc(-c3ccc4ccccc4c3)c2)c([2H])c([2H])c1-c1ccc(-c2ccccc2)cc1. The number of fused-ring (bicyclic) bond motifs is 1. The van der Waals surface area contributed by atoms with E-state index >= 15 is 0 Å². The van der Waals surface area contributed by atoms with Crippen molar-refractivity contribution in [1.82, 2.24) is 0 Å². The van der Waals surface area contributed by atoms with Gasteiger partial charge in [0.15, 0.2) is 0 Å². The van der Waals surface area contributed by atoms with Gasteiger partial charge in [-0.05, 0) is 115 Å². The molecule has 9 aromatic rings. The first kappa shape index (κ1) is 27.7. The molecule has 9 aromatic carbocycles. The molecular weight excluding hydrogens is 639 g/mol. The maximum absolute atomic E-state index is 9.49. The van der Waals surface area contributed by atoms with Crippen molar-refractivity contribution in [2.45, 2.75) is 0 Å². The van der Waals surface area contributed by atoms with Gasteiger partial charge in [-0.3, -0.25) is 0 Å². The van der Waals surface area contributed by atoms with E-state index in [1.807, 2.05) is 114 Å². The fourth-order valence-electron chi connectivity index (χ4n) is 6.93. The quantitative estimate of drug-likeness (QED) is 0.154. The summed E-state index contributed by atoms with van der Waals surface area (Å²) in [5.74, 6) is 0. The lowest BCUT2D eigenvalue weighted by Gasteiger charge is -2.26. The van der Waals surface area contributed by atoms with Gasteiger partial charge in [0.25, 0.3) is 0 Å². The summed E-state index contributed by atoms with van der Waals surface area (Å²) < 4.78 is 37.6. The number of hydrogen-bond donors (Lipinski definition) is 0. The summed E-state index contributed by atoms with van der Waals surface area (Å²) in [6.07, 6.45) is 0. The highest BCUT2D eigenvalue weighted by Gasteiger charge is 2.15. The molecule has 0 saturated carbocycles. The molecule has 1 nitrogen and oxygen atoms in total. The first-order valence-corrected chi connectivity index (χ1v) is 17.8. The molecule has 0 heterocycles. The molecule has 0 aromatic heterocycles. The largest absolute Gasteiger partial charge is 0.310 e. The molecular formula is C52H37N. The Morgan fingerprint density at radius 1 is 0.245 bits per heavy atom. The Kier molecular flexibility index (Phi) is 7.50. The monoisotopic (exact) mass is 679 g/mol. The van der Waals surface area contributed by atoms with E-state index in [9.17, 15) is 5.48 Å². The van der Waals surface area contributed by atoms with Gasteiger partial charge in [0.05, 0.1) is 5.48 Å². The standard InChI is InChI=1S/C52H37N/c1-3-11-38(12-4-1)41-21-23-42(24-22-41)43-27-31-50(32-28-43)53(52-20-10-19-48(37-52)49-26-25-40-15-7-8-16-45(40)36-49)51-33-29-44(30-34-51)47-18-9-17-46(35-47)39-13-5-2-6-14-39/h1-37H/i27D,28D,31D,32D. The highest BCUT2D eigenvalue weighted by Crippen LogP contribution is 2.39. The van der Waals surface area contributed by atoms with Crippen molar-refractivity contribution in [2.24, 2.45) is 0 Å². The Labute approximate surface area is 317 Å². The van der Waals surface area contributed by atoms with Gasteiger partial charge in [-0.25, -0.2) is 0 Å². The van der Waals surface area contributed by atoms with Crippen molar-refractivity contribution in [3.8, 4) is 55.6 Å².